The zero-order chi connectivity index (χ0) is 20.9. The lowest BCUT2D eigenvalue weighted by molar-refractivity contribution is -0.260. The van der Waals surface area contributed by atoms with Gasteiger partial charge in [-0.2, -0.15) is 5.10 Å². The van der Waals surface area contributed by atoms with Crippen molar-refractivity contribution in [2.45, 2.75) is 64.8 Å². The van der Waals surface area contributed by atoms with Gasteiger partial charge in [-0.05, 0) is 56.4 Å². The van der Waals surface area contributed by atoms with Crippen LogP contribution in [0.15, 0.2) is 17.2 Å². The lowest BCUT2D eigenvalue weighted by Crippen LogP contribution is -2.57. The number of hydrazone groups is 1. The predicted molar refractivity (Wildman–Crippen MR) is 110 cm³/mol. The molecule has 2 aliphatic rings. The molecule has 1 atom stereocenters. The van der Waals surface area contributed by atoms with Gasteiger partial charge in [0.25, 0.3) is 0 Å². The summed E-state index contributed by atoms with van der Waals surface area (Å²) in [6, 6.07) is 4.00. The minimum absolute atomic E-state index is 0.260. The first-order chi connectivity index (χ1) is 12.9. The molecule has 28 heavy (non-hydrogen) atoms. The van der Waals surface area contributed by atoms with Gasteiger partial charge in [-0.1, -0.05) is 19.9 Å². The Balaban J connectivity index is 2.03. The second-order valence-electron chi connectivity index (χ2n) is 8.51. The smallest absolute Gasteiger partial charge is 0.220 e. The zero-order valence-electron chi connectivity index (χ0n) is 17.7. The fourth-order valence-corrected chi connectivity index (χ4v) is 4.72. The minimum atomic E-state index is -3.43. The summed E-state index contributed by atoms with van der Waals surface area (Å²) in [6.07, 6.45) is 1.21. The Morgan fingerprint density at radius 3 is 2.32 bits per heavy atom. The van der Waals surface area contributed by atoms with Gasteiger partial charge in [-0.15, -0.1) is 0 Å². The van der Waals surface area contributed by atoms with Crippen LogP contribution in [0.5, 0.6) is 0 Å². The van der Waals surface area contributed by atoms with E-state index >= 15 is 0 Å². The fraction of sp³-hybridized carbons (Fsp3) is 0.650. The lowest BCUT2D eigenvalue weighted by atomic mass is 9.92. The Morgan fingerprint density at radius 1 is 1.18 bits per heavy atom. The van der Waals surface area contributed by atoms with E-state index in [4.69, 9.17) is 9.47 Å². The van der Waals surface area contributed by atoms with Crippen LogP contribution in [0.25, 0.3) is 0 Å². The Labute approximate surface area is 168 Å². The summed E-state index contributed by atoms with van der Waals surface area (Å²) >= 11 is 0. The number of nitrogens with zero attached hydrogens (tertiary/aromatic N) is 2. The first-order valence-corrected chi connectivity index (χ1v) is 11.6. The highest BCUT2D eigenvalue weighted by atomic mass is 32.2. The Bertz CT molecular complexity index is 883. The third kappa shape index (κ3) is 4.04. The molecule has 0 aromatic heterocycles. The van der Waals surface area contributed by atoms with Gasteiger partial charge in [0, 0.05) is 11.8 Å². The normalized spacial score (nSPS) is 23.1. The van der Waals surface area contributed by atoms with Crippen molar-refractivity contribution in [3.8, 4) is 0 Å². The van der Waals surface area contributed by atoms with Crippen LogP contribution >= 0.6 is 0 Å². The van der Waals surface area contributed by atoms with Crippen molar-refractivity contribution < 1.29 is 17.9 Å². The molecule has 8 heteroatoms. The second kappa shape index (κ2) is 7.31. The molecule has 0 aliphatic carbocycles. The highest BCUT2D eigenvalue weighted by Crippen LogP contribution is 2.29. The average Bonchev–Trinajstić information content (AvgIpc) is 2.99. The summed E-state index contributed by atoms with van der Waals surface area (Å²) in [5.41, 5.74) is 6.31. The maximum absolute atomic E-state index is 12.4. The number of benzene rings is 1. The van der Waals surface area contributed by atoms with E-state index in [1.54, 1.807) is 4.90 Å². The fourth-order valence-electron chi connectivity index (χ4n) is 3.79. The molecule has 2 heterocycles. The van der Waals surface area contributed by atoms with Crippen LogP contribution < -0.4 is 5.43 Å². The van der Waals surface area contributed by atoms with Gasteiger partial charge in [0.2, 0.25) is 5.50 Å². The quantitative estimate of drug-likeness (QED) is 0.823. The predicted octanol–water partition coefficient (Wildman–Crippen LogP) is 2.47. The van der Waals surface area contributed by atoms with Crippen LogP contribution in [-0.2, 0) is 19.3 Å². The standard InChI is InChI=1S/C20H31N3O4S/c1-12(2)16-9-17(14(4)8-13(16)3)18-21-22-19(28(7,24)25)23(18)15-10-26-20(5,6)27-11-15/h8-9,12,15,19,22H,10-11H2,1-7H3. The molecule has 1 fully saturated rings. The van der Waals surface area contributed by atoms with Gasteiger partial charge in [-0.3, -0.25) is 5.43 Å². The summed E-state index contributed by atoms with van der Waals surface area (Å²) in [5, 5.41) is 4.44. The summed E-state index contributed by atoms with van der Waals surface area (Å²) in [7, 11) is -3.43. The minimum Gasteiger partial charge on any atom is -0.348 e. The maximum atomic E-state index is 12.4. The van der Waals surface area contributed by atoms with Crippen molar-refractivity contribution in [3.05, 3.63) is 34.4 Å². The van der Waals surface area contributed by atoms with Gasteiger partial charge in [0.1, 0.15) is 0 Å². The van der Waals surface area contributed by atoms with E-state index in [2.05, 4.69) is 43.4 Å². The second-order valence-corrected chi connectivity index (χ2v) is 10.6. The van der Waals surface area contributed by atoms with E-state index < -0.39 is 21.1 Å². The van der Waals surface area contributed by atoms with Crippen molar-refractivity contribution in [2.24, 2.45) is 5.10 Å². The Kier molecular flexibility index (Phi) is 5.51. The van der Waals surface area contributed by atoms with Crippen LogP contribution in [0.3, 0.4) is 0 Å². The molecular formula is C20H31N3O4S. The van der Waals surface area contributed by atoms with E-state index in [9.17, 15) is 8.42 Å². The molecule has 1 unspecified atom stereocenters. The molecule has 7 nitrogen and oxygen atoms in total. The van der Waals surface area contributed by atoms with Gasteiger partial charge in [0.05, 0.1) is 19.3 Å². The van der Waals surface area contributed by atoms with Crippen LogP contribution in [-0.4, -0.2) is 55.9 Å². The van der Waals surface area contributed by atoms with Crippen molar-refractivity contribution in [2.75, 3.05) is 19.5 Å². The largest absolute Gasteiger partial charge is 0.348 e. The number of aryl methyl sites for hydroxylation is 2. The molecule has 0 spiro atoms. The molecule has 0 radical (unpaired) electrons. The van der Waals surface area contributed by atoms with Gasteiger partial charge < -0.3 is 14.4 Å². The summed E-state index contributed by atoms with van der Waals surface area (Å²) in [4.78, 5) is 1.80. The molecule has 0 amide bonds. The molecule has 3 rings (SSSR count). The molecule has 156 valence electrons. The summed E-state index contributed by atoms with van der Waals surface area (Å²) < 4.78 is 36.5. The van der Waals surface area contributed by atoms with Gasteiger partial charge >= 0.3 is 0 Å². The van der Waals surface area contributed by atoms with Crippen molar-refractivity contribution >= 4 is 15.7 Å². The average molecular weight is 410 g/mol. The molecule has 1 aromatic rings. The third-order valence-corrected chi connectivity index (χ3v) is 6.44. The summed E-state index contributed by atoms with van der Waals surface area (Å²) in [6.45, 7) is 12.9. The van der Waals surface area contributed by atoms with E-state index in [0.717, 1.165) is 11.1 Å². The number of hydrogen-bond donors (Lipinski definition) is 1. The molecule has 2 aliphatic heterocycles. The van der Waals surface area contributed by atoms with Crippen LogP contribution in [0, 0.1) is 13.8 Å². The number of amidine groups is 1. The van der Waals surface area contributed by atoms with Crippen molar-refractivity contribution in [1.29, 1.82) is 0 Å². The Hall–Kier alpha value is -1.64. The van der Waals surface area contributed by atoms with Crippen LogP contribution in [0.1, 0.15) is 55.9 Å². The van der Waals surface area contributed by atoms with Gasteiger partial charge in [0.15, 0.2) is 21.5 Å². The molecular weight excluding hydrogens is 378 g/mol. The van der Waals surface area contributed by atoms with E-state index in [0.29, 0.717) is 25.0 Å². The molecule has 0 bridgehead atoms. The third-order valence-electron chi connectivity index (χ3n) is 5.30. The molecule has 1 saturated heterocycles. The van der Waals surface area contributed by atoms with Crippen LogP contribution in [0.4, 0.5) is 0 Å². The monoisotopic (exact) mass is 409 g/mol. The summed E-state index contributed by atoms with van der Waals surface area (Å²) in [5.74, 6) is 0.300. The first-order valence-electron chi connectivity index (χ1n) is 9.60. The highest BCUT2D eigenvalue weighted by molar-refractivity contribution is 7.91. The maximum Gasteiger partial charge on any atom is 0.220 e. The molecule has 1 N–H and O–H groups in total. The number of sulfone groups is 1. The van der Waals surface area contributed by atoms with Crippen LogP contribution in [0.2, 0.25) is 0 Å². The number of ether oxygens (including phenoxy) is 2. The Morgan fingerprint density at radius 2 is 1.79 bits per heavy atom. The first kappa shape index (κ1) is 21.1. The number of hydrogen-bond acceptors (Lipinski definition) is 7. The molecule has 0 saturated carbocycles. The topological polar surface area (TPSA) is 80.2 Å². The number of rotatable bonds is 4. The molecule has 1 aromatic carbocycles. The van der Waals surface area contributed by atoms with E-state index in [-0.39, 0.29) is 6.04 Å². The lowest BCUT2D eigenvalue weighted by Gasteiger charge is -2.41. The zero-order valence-corrected chi connectivity index (χ0v) is 18.6. The van der Waals surface area contributed by atoms with Crippen molar-refractivity contribution in [3.63, 3.8) is 0 Å². The van der Waals surface area contributed by atoms with Gasteiger partial charge in [-0.25, -0.2) is 8.42 Å². The SMILES string of the molecule is Cc1cc(C)c(C(C)C)cc1C1=NNC(S(C)(=O)=O)N1C1COC(C)(C)OC1. The number of nitrogens with one attached hydrogen (secondary N) is 1. The van der Waals surface area contributed by atoms with Crippen molar-refractivity contribution in [1.82, 2.24) is 10.3 Å². The van der Waals surface area contributed by atoms with E-state index in [1.165, 1.54) is 17.4 Å². The highest BCUT2D eigenvalue weighted by Gasteiger charge is 2.43. The van der Waals surface area contributed by atoms with E-state index in [1.807, 2.05) is 20.8 Å².